The van der Waals surface area contributed by atoms with Gasteiger partial charge in [0.15, 0.2) is 0 Å². The second-order valence-electron chi connectivity index (χ2n) is 5.04. The number of rotatable bonds is 3. The average molecular weight is 442 g/mol. The quantitative estimate of drug-likeness (QED) is 0.266. The molecular weight excluding hydrogens is 434 g/mol. The molecule has 0 saturated carbocycles. The molecule has 1 aliphatic heterocycles. The molecule has 0 bridgehead atoms. The molecule has 0 radical (unpaired) electrons. The van der Waals surface area contributed by atoms with Crippen molar-refractivity contribution in [2.75, 3.05) is 0 Å². The van der Waals surface area contributed by atoms with Gasteiger partial charge < -0.3 is 9.11 Å². The molecular formula is C15H8Na2O7S3. The SMILES string of the molecule is O=C1C(=Cc2ccc(S(=O)(=O)[O-])cc2S(=O)(=O)[O-])Sc2ccccc21.[Na+].[Na+]. The zero-order valence-electron chi connectivity index (χ0n) is 14.2. The molecule has 2 aromatic rings. The van der Waals surface area contributed by atoms with Crippen molar-refractivity contribution in [3.63, 3.8) is 0 Å². The minimum Gasteiger partial charge on any atom is -0.744 e. The molecule has 7 nitrogen and oxygen atoms in total. The number of thioether (sulfide) groups is 1. The molecule has 2 aromatic carbocycles. The summed E-state index contributed by atoms with van der Waals surface area (Å²) in [6.07, 6.45) is 1.19. The Morgan fingerprint density at radius 1 is 0.889 bits per heavy atom. The number of benzene rings is 2. The van der Waals surface area contributed by atoms with Gasteiger partial charge in [0.05, 0.1) is 14.7 Å². The average Bonchev–Trinajstić information content (AvgIpc) is 2.82. The standard InChI is InChI=1S/C15H10O7S3.2Na/c16-15-11-3-1-2-4-12(11)23-13(15)7-9-5-6-10(24(17,18)19)8-14(9)25(20,21)22;;/h1-8H,(H,17,18,19)(H,20,21,22);;/q;2*+1/p-2. The van der Waals surface area contributed by atoms with Gasteiger partial charge >= 0.3 is 59.1 Å². The van der Waals surface area contributed by atoms with Gasteiger partial charge in [-0.25, -0.2) is 16.8 Å². The van der Waals surface area contributed by atoms with Crippen molar-refractivity contribution in [2.24, 2.45) is 0 Å². The topological polar surface area (TPSA) is 131 Å². The van der Waals surface area contributed by atoms with Crippen LogP contribution in [-0.4, -0.2) is 31.7 Å². The predicted octanol–water partition coefficient (Wildman–Crippen LogP) is -4.17. The zero-order chi connectivity index (χ0) is 18.4. The second-order valence-corrected chi connectivity index (χ2v) is 8.86. The molecule has 1 aliphatic rings. The van der Waals surface area contributed by atoms with Crippen molar-refractivity contribution in [1.82, 2.24) is 0 Å². The van der Waals surface area contributed by atoms with Crippen molar-refractivity contribution in [1.29, 1.82) is 0 Å². The third kappa shape index (κ3) is 5.55. The van der Waals surface area contributed by atoms with Gasteiger partial charge in [-0.1, -0.05) is 30.0 Å². The van der Waals surface area contributed by atoms with Crippen LogP contribution in [0.1, 0.15) is 15.9 Å². The summed E-state index contributed by atoms with van der Waals surface area (Å²) in [6.45, 7) is 0. The van der Waals surface area contributed by atoms with Crippen LogP contribution in [0.4, 0.5) is 0 Å². The maximum Gasteiger partial charge on any atom is 1.00 e. The number of fused-ring (bicyclic) bond motifs is 1. The van der Waals surface area contributed by atoms with Gasteiger partial charge in [-0.15, -0.1) is 0 Å². The van der Waals surface area contributed by atoms with Crippen LogP contribution in [-0.2, 0) is 20.2 Å². The van der Waals surface area contributed by atoms with Crippen molar-refractivity contribution in [3.8, 4) is 0 Å². The van der Waals surface area contributed by atoms with E-state index in [1.54, 1.807) is 24.3 Å². The van der Waals surface area contributed by atoms with E-state index in [-0.39, 0.29) is 75.4 Å². The Morgan fingerprint density at radius 2 is 1.52 bits per heavy atom. The molecule has 0 saturated heterocycles. The Balaban J connectivity index is 0.00000182. The first-order valence-electron chi connectivity index (χ1n) is 6.66. The van der Waals surface area contributed by atoms with Crippen molar-refractivity contribution < 1.29 is 89.9 Å². The number of allylic oxidation sites excluding steroid dienone is 1. The normalized spacial score (nSPS) is 15.0. The fourth-order valence-corrected chi connectivity index (χ4v) is 4.58. The largest absolute Gasteiger partial charge is 1.00 e. The van der Waals surface area contributed by atoms with E-state index in [0.29, 0.717) is 16.5 Å². The van der Waals surface area contributed by atoms with E-state index < -0.39 is 30.0 Å². The van der Waals surface area contributed by atoms with E-state index in [0.717, 1.165) is 23.9 Å². The maximum atomic E-state index is 12.3. The molecule has 0 atom stereocenters. The molecule has 0 aromatic heterocycles. The Bertz CT molecular complexity index is 1140. The summed E-state index contributed by atoms with van der Waals surface area (Å²) in [5.41, 5.74) is 0.287. The van der Waals surface area contributed by atoms with Gasteiger partial charge in [0, 0.05) is 10.5 Å². The summed E-state index contributed by atoms with van der Waals surface area (Å²) >= 11 is 1.10. The number of Topliss-reactive ketones (excluding diaryl/α,β-unsaturated/α-hetero) is 1. The molecule has 0 N–H and O–H groups in total. The van der Waals surface area contributed by atoms with Crippen LogP contribution in [0, 0.1) is 0 Å². The molecule has 0 unspecified atom stereocenters. The first kappa shape index (κ1) is 25.1. The number of hydrogen-bond donors (Lipinski definition) is 0. The number of carbonyl (C=O) groups is 1. The molecule has 0 spiro atoms. The molecule has 0 fully saturated rings. The smallest absolute Gasteiger partial charge is 0.744 e. The molecule has 1 heterocycles. The third-order valence-electron chi connectivity index (χ3n) is 3.41. The molecule has 12 heteroatoms. The van der Waals surface area contributed by atoms with Crippen LogP contribution in [0.2, 0.25) is 0 Å². The fourth-order valence-electron chi connectivity index (χ4n) is 2.28. The van der Waals surface area contributed by atoms with E-state index in [1.165, 1.54) is 6.08 Å². The van der Waals surface area contributed by atoms with Crippen LogP contribution in [0.25, 0.3) is 6.08 Å². The molecule has 3 rings (SSSR count). The summed E-state index contributed by atoms with van der Waals surface area (Å²) in [5, 5.41) is 0. The van der Waals surface area contributed by atoms with Gasteiger partial charge in [-0.05, 0) is 35.9 Å². The van der Waals surface area contributed by atoms with Gasteiger partial charge in [0.25, 0.3) is 0 Å². The second kappa shape index (κ2) is 9.23. The monoisotopic (exact) mass is 442 g/mol. The summed E-state index contributed by atoms with van der Waals surface area (Å²) in [7, 11) is -9.99. The minimum atomic E-state index is -5.06. The van der Waals surface area contributed by atoms with Crippen LogP contribution in [0.15, 0.2) is 62.1 Å². The Hall–Kier alpha value is 0.0200. The number of carbonyl (C=O) groups excluding carboxylic acids is 1. The molecule has 130 valence electrons. The molecule has 0 amide bonds. The third-order valence-corrected chi connectivity index (χ3v) is 6.23. The first-order chi connectivity index (χ1) is 11.6. The van der Waals surface area contributed by atoms with Gasteiger partial charge in [0.1, 0.15) is 20.2 Å². The van der Waals surface area contributed by atoms with Crippen LogP contribution in [0.3, 0.4) is 0 Å². The molecule has 27 heavy (non-hydrogen) atoms. The van der Waals surface area contributed by atoms with E-state index in [1.807, 2.05) is 0 Å². The van der Waals surface area contributed by atoms with Crippen LogP contribution >= 0.6 is 11.8 Å². The van der Waals surface area contributed by atoms with Crippen LogP contribution in [0.5, 0.6) is 0 Å². The maximum absolute atomic E-state index is 12.3. The summed E-state index contributed by atoms with van der Waals surface area (Å²) in [6, 6.07) is 9.17. The van der Waals surface area contributed by atoms with Crippen molar-refractivity contribution in [2.45, 2.75) is 14.7 Å². The fraction of sp³-hybridized carbons (Fsp3) is 0. The summed E-state index contributed by atoms with van der Waals surface area (Å²) < 4.78 is 67.4. The zero-order valence-corrected chi connectivity index (χ0v) is 20.7. The van der Waals surface area contributed by atoms with E-state index >= 15 is 0 Å². The van der Waals surface area contributed by atoms with E-state index in [2.05, 4.69) is 0 Å². The van der Waals surface area contributed by atoms with E-state index in [4.69, 9.17) is 0 Å². The van der Waals surface area contributed by atoms with Crippen LogP contribution < -0.4 is 59.1 Å². The number of hydrogen-bond acceptors (Lipinski definition) is 8. The predicted molar refractivity (Wildman–Crippen MR) is 87.0 cm³/mol. The Kier molecular flexibility index (Phi) is 8.56. The van der Waals surface area contributed by atoms with Gasteiger partial charge in [-0.2, -0.15) is 0 Å². The Morgan fingerprint density at radius 3 is 2.07 bits per heavy atom. The van der Waals surface area contributed by atoms with Gasteiger partial charge in [0.2, 0.25) is 5.78 Å². The summed E-state index contributed by atoms with van der Waals surface area (Å²) in [4.78, 5) is 11.5. The van der Waals surface area contributed by atoms with Crippen molar-refractivity contribution >= 4 is 43.9 Å². The summed E-state index contributed by atoms with van der Waals surface area (Å²) in [5.74, 6) is -0.338. The first-order valence-corrected chi connectivity index (χ1v) is 10.3. The number of ketones is 1. The Labute approximate surface area is 204 Å². The molecule has 0 aliphatic carbocycles. The van der Waals surface area contributed by atoms with Gasteiger partial charge in [-0.3, -0.25) is 4.79 Å². The van der Waals surface area contributed by atoms with E-state index in [9.17, 15) is 30.7 Å². The minimum absolute atomic E-state index is 0. The van der Waals surface area contributed by atoms with Crippen molar-refractivity contribution in [3.05, 3.63) is 58.5 Å².